The summed E-state index contributed by atoms with van der Waals surface area (Å²) in [6.45, 7) is 1.97. The van der Waals surface area contributed by atoms with Crippen LogP contribution in [0.4, 0.5) is 0 Å². The Morgan fingerprint density at radius 2 is 1.50 bits per heavy atom. The summed E-state index contributed by atoms with van der Waals surface area (Å²) in [6.07, 6.45) is 0.640. The minimum atomic E-state index is -0.352. The van der Waals surface area contributed by atoms with Gasteiger partial charge in [-0.3, -0.25) is 4.79 Å². The van der Waals surface area contributed by atoms with Gasteiger partial charge in [-0.15, -0.1) is 0 Å². The summed E-state index contributed by atoms with van der Waals surface area (Å²) in [5.74, 6) is -0.352. The van der Waals surface area contributed by atoms with Gasteiger partial charge in [-0.25, -0.2) is 10.4 Å². The smallest absolute Gasteiger partial charge is 0.267 e. The fourth-order valence-electron chi connectivity index (χ4n) is 3.32. The highest BCUT2D eigenvalue weighted by atomic mass is 35.5. The lowest BCUT2D eigenvalue weighted by atomic mass is 10.0. The number of benzene rings is 3. The number of rotatable bonds is 5. The van der Waals surface area contributed by atoms with Gasteiger partial charge < -0.3 is 0 Å². The summed E-state index contributed by atoms with van der Waals surface area (Å²) in [4.78, 5) is 17.9. The number of nitrogens with zero attached hydrogens (tertiary/aromatic N) is 2. The van der Waals surface area contributed by atoms with Crippen molar-refractivity contribution in [2.45, 2.75) is 13.3 Å². The average Bonchev–Trinajstić information content (AvgIpc) is 2.80. The quantitative estimate of drug-likeness (QED) is 0.238. The molecule has 4 nitrogen and oxygen atoms in total. The van der Waals surface area contributed by atoms with E-state index in [4.69, 9.17) is 39.8 Å². The molecule has 0 aliphatic rings. The maximum absolute atomic E-state index is 13.2. The molecule has 0 aliphatic heterocycles. The van der Waals surface area contributed by atoms with Gasteiger partial charge in [0, 0.05) is 26.0 Å². The van der Waals surface area contributed by atoms with E-state index in [-0.39, 0.29) is 5.91 Å². The van der Waals surface area contributed by atoms with Crippen LogP contribution in [-0.4, -0.2) is 16.6 Å². The highest BCUT2D eigenvalue weighted by molar-refractivity contribution is 6.32. The van der Waals surface area contributed by atoms with Crippen molar-refractivity contribution in [2.75, 3.05) is 0 Å². The molecule has 1 aromatic heterocycles. The summed E-state index contributed by atoms with van der Waals surface area (Å²) in [5.41, 5.74) is 6.90. The molecule has 160 valence electrons. The second kappa shape index (κ2) is 9.70. The zero-order valence-electron chi connectivity index (χ0n) is 17.1. The van der Waals surface area contributed by atoms with E-state index in [1.54, 1.807) is 48.5 Å². The summed E-state index contributed by atoms with van der Waals surface area (Å²) in [5, 5.41) is 6.80. The molecular weight excluding hydrogens is 465 g/mol. The lowest BCUT2D eigenvalue weighted by Crippen LogP contribution is -2.20. The number of nitrogens with one attached hydrogen (secondary N) is 1. The number of amides is 1. The second-order valence-corrected chi connectivity index (χ2v) is 8.39. The molecule has 0 radical (unpaired) electrons. The normalized spacial score (nSPS) is 11.6. The van der Waals surface area contributed by atoms with E-state index in [1.165, 1.54) is 0 Å². The number of hydrogen-bond donors (Lipinski definition) is 1. The fraction of sp³-hybridized carbons (Fsp3) is 0.0800. The molecule has 0 unspecified atom stereocenters. The predicted octanol–water partition coefficient (Wildman–Crippen LogP) is 7.41. The number of hydrogen-bond acceptors (Lipinski definition) is 3. The number of halogens is 3. The summed E-state index contributed by atoms with van der Waals surface area (Å²) in [7, 11) is 0. The Hall–Kier alpha value is -2.92. The first-order chi connectivity index (χ1) is 15.4. The molecule has 0 saturated heterocycles. The largest absolute Gasteiger partial charge is 0.272 e. The van der Waals surface area contributed by atoms with E-state index in [9.17, 15) is 4.79 Å². The molecule has 0 saturated carbocycles. The van der Waals surface area contributed by atoms with Crippen LogP contribution in [0.1, 0.15) is 29.3 Å². The van der Waals surface area contributed by atoms with E-state index >= 15 is 0 Å². The number of carbonyl (C=O) groups excluding carboxylic acids is 1. The first-order valence-corrected chi connectivity index (χ1v) is 11.1. The molecule has 0 spiro atoms. The van der Waals surface area contributed by atoms with E-state index in [0.717, 1.165) is 16.8 Å². The SMILES string of the molecule is CCC(=NNC(=O)c1cc(-c2ccc(Cl)cc2)nc2ccc(Cl)cc12)c1ccc(Cl)cc1. The highest BCUT2D eigenvalue weighted by Gasteiger charge is 2.15. The Morgan fingerprint density at radius 3 is 2.16 bits per heavy atom. The van der Waals surface area contributed by atoms with E-state index in [2.05, 4.69) is 10.5 Å². The molecule has 0 fully saturated rings. The van der Waals surface area contributed by atoms with E-state index in [0.29, 0.717) is 43.6 Å². The highest BCUT2D eigenvalue weighted by Crippen LogP contribution is 2.28. The number of pyridine rings is 1. The Kier molecular flexibility index (Phi) is 6.75. The third-order valence-electron chi connectivity index (χ3n) is 4.96. The van der Waals surface area contributed by atoms with Gasteiger partial charge >= 0.3 is 0 Å². The molecule has 0 atom stereocenters. The number of carbonyl (C=O) groups is 1. The monoisotopic (exact) mass is 481 g/mol. The molecule has 1 amide bonds. The molecule has 4 aromatic rings. The van der Waals surface area contributed by atoms with Crippen LogP contribution in [0.25, 0.3) is 22.2 Å². The Balaban J connectivity index is 1.74. The lowest BCUT2D eigenvalue weighted by Gasteiger charge is -2.10. The molecule has 0 aliphatic carbocycles. The van der Waals surface area contributed by atoms with Gasteiger partial charge in [0.05, 0.1) is 22.5 Å². The molecule has 4 rings (SSSR count). The summed E-state index contributed by atoms with van der Waals surface area (Å²) < 4.78 is 0. The zero-order chi connectivity index (χ0) is 22.7. The third kappa shape index (κ3) is 4.94. The Bertz CT molecular complexity index is 1320. The number of fused-ring (bicyclic) bond motifs is 1. The Morgan fingerprint density at radius 1 is 0.875 bits per heavy atom. The second-order valence-electron chi connectivity index (χ2n) is 7.08. The molecule has 1 heterocycles. The van der Waals surface area contributed by atoms with Crippen LogP contribution in [0.15, 0.2) is 77.9 Å². The van der Waals surface area contributed by atoms with Crippen molar-refractivity contribution in [3.8, 4) is 11.3 Å². The minimum absolute atomic E-state index is 0.352. The molecular formula is C25H18Cl3N3O. The van der Waals surface area contributed by atoms with Gasteiger partial charge in [0.2, 0.25) is 0 Å². The first-order valence-electron chi connectivity index (χ1n) is 9.93. The summed E-state index contributed by atoms with van der Waals surface area (Å²) >= 11 is 18.2. The third-order valence-corrected chi connectivity index (χ3v) is 5.70. The van der Waals surface area contributed by atoms with Crippen molar-refractivity contribution in [1.82, 2.24) is 10.4 Å². The van der Waals surface area contributed by atoms with Gasteiger partial charge in [0.25, 0.3) is 5.91 Å². The standard InChI is InChI=1S/C25H18Cl3N3O/c1-2-22(15-3-7-17(26)8-4-15)30-31-25(32)21-14-24(16-5-9-18(27)10-6-16)29-23-12-11-19(28)13-20(21)23/h3-14H,2H2,1H3,(H,31,32). The average molecular weight is 483 g/mol. The molecule has 0 bridgehead atoms. The van der Waals surface area contributed by atoms with E-state index < -0.39 is 0 Å². The van der Waals surface area contributed by atoms with Crippen LogP contribution in [0.5, 0.6) is 0 Å². The van der Waals surface area contributed by atoms with Crippen molar-refractivity contribution < 1.29 is 4.79 Å². The van der Waals surface area contributed by atoms with Crippen LogP contribution < -0.4 is 5.43 Å². The maximum Gasteiger partial charge on any atom is 0.272 e. The van der Waals surface area contributed by atoms with Crippen LogP contribution in [0, 0.1) is 0 Å². The predicted molar refractivity (Wildman–Crippen MR) is 133 cm³/mol. The van der Waals surface area contributed by atoms with Crippen molar-refractivity contribution in [1.29, 1.82) is 0 Å². The molecule has 3 aromatic carbocycles. The van der Waals surface area contributed by atoms with Gasteiger partial charge in [-0.2, -0.15) is 5.10 Å². The van der Waals surface area contributed by atoms with Crippen molar-refractivity contribution in [2.24, 2.45) is 5.10 Å². The summed E-state index contributed by atoms with van der Waals surface area (Å²) in [6, 6.07) is 21.6. The molecule has 32 heavy (non-hydrogen) atoms. The minimum Gasteiger partial charge on any atom is -0.267 e. The zero-order valence-corrected chi connectivity index (χ0v) is 19.3. The van der Waals surface area contributed by atoms with Crippen LogP contribution in [0.2, 0.25) is 15.1 Å². The van der Waals surface area contributed by atoms with Crippen LogP contribution in [-0.2, 0) is 0 Å². The van der Waals surface area contributed by atoms with E-state index in [1.807, 2.05) is 31.2 Å². The van der Waals surface area contributed by atoms with Gasteiger partial charge in [0.1, 0.15) is 0 Å². The van der Waals surface area contributed by atoms with Gasteiger partial charge in [0.15, 0.2) is 0 Å². The number of hydrazone groups is 1. The molecule has 1 N–H and O–H groups in total. The molecule has 7 heteroatoms. The maximum atomic E-state index is 13.2. The first kappa shape index (κ1) is 22.3. The van der Waals surface area contributed by atoms with Gasteiger partial charge in [-0.1, -0.05) is 66.0 Å². The number of aromatic nitrogens is 1. The fourth-order valence-corrected chi connectivity index (χ4v) is 3.75. The van der Waals surface area contributed by atoms with Gasteiger partial charge in [-0.05, 0) is 60.5 Å². The van der Waals surface area contributed by atoms with Crippen molar-refractivity contribution >= 4 is 57.3 Å². The van der Waals surface area contributed by atoms with Crippen LogP contribution in [0.3, 0.4) is 0 Å². The van der Waals surface area contributed by atoms with Crippen molar-refractivity contribution in [3.63, 3.8) is 0 Å². The van der Waals surface area contributed by atoms with Crippen molar-refractivity contribution in [3.05, 3.63) is 99.0 Å². The van der Waals surface area contributed by atoms with Crippen LogP contribution >= 0.6 is 34.8 Å². The Labute approximate surface area is 200 Å². The lowest BCUT2D eigenvalue weighted by molar-refractivity contribution is 0.0956. The topological polar surface area (TPSA) is 54.4 Å².